The molecule has 188 valence electrons. The van der Waals surface area contributed by atoms with Gasteiger partial charge in [0.05, 0.1) is 31.3 Å². The number of esters is 1. The van der Waals surface area contributed by atoms with Gasteiger partial charge in [0.1, 0.15) is 11.4 Å². The van der Waals surface area contributed by atoms with Crippen molar-refractivity contribution in [2.75, 3.05) is 26.5 Å². The molecule has 4 atom stereocenters. The second kappa shape index (κ2) is 11.1. The maximum Gasteiger partial charge on any atom is 0.337 e. The molecule has 8 nitrogen and oxygen atoms in total. The van der Waals surface area contributed by atoms with Crippen LogP contribution < -0.4 is 5.32 Å². The highest BCUT2D eigenvalue weighted by molar-refractivity contribution is 8.13. The molecule has 0 saturated carbocycles. The molecule has 2 N–H and O–H groups in total. The molecule has 4 rings (SSSR count). The molecule has 1 fully saturated rings. The van der Waals surface area contributed by atoms with Gasteiger partial charge in [-0.2, -0.15) is 0 Å². The van der Waals surface area contributed by atoms with Crippen molar-refractivity contribution in [2.24, 2.45) is 21.8 Å². The highest BCUT2D eigenvalue weighted by atomic mass is 32.2. The van der Waals surface area contributed by atoms with Gasteiger partial charge < -0.3 is 25.2 Å². The van der Waals surface area contributed by atoms with Gasteiger partial charge in [-0.1, -0.05) is 30.0 Å². The van der Waals surface area contributed by atoms with E-state index in [2.05, 4.69) is 10.3 Å². The number of rotatable bonds is 6. The quantitative estimate of drug-likeness (QED) is 0.454. The SMILES string of the molecule is CN=CC(C=N)C1CC2CSC(NC(=O)c3ccccc3)=NC2(c2cc(C(=O)OC)ccc2F)CO1. The Morgan fingerprint density at radius 2 is 2.08 bits per heavy atom. The second-order valence-corrected chi connectivity index (χ2v) is 9.60. The van der Waals surface area contributed by atoms with Crippen LogP contribution in [0, 0.1) is 23.1 Å². The minimum atomic E-state index is -1.18. The predicted molar refractivity (Wildman–Crippen MR) is 138 cm³/mol. The van der Waals surface area contributed by atoms with Crippen LogP contribution in [0.3, 0.4) is 0 Å². The van der Waals surface area contributed by atoms with E-state index in [1.54, 1.807) is 37.5 Å². The van der Waals surface area contributed by atoms with Crippen molar-refractivity contribution in [2.45, 2.75) is 18.1 Å². The van der Waals surface area contributed by atoms with E-state index in [0.717, 1.165) is 0 Å². The molecule has 0 aromatic heterocycles. The highest BCUT2D eigenvalue weighted by Gasteiger charge is 2.50. The fourth-order valence-corrected chi connectivity index (χ4v) is 5.75. The Morgan fingerprint density at radius 1 is 1.31 bits per heavy atom. The zero-order valence-electron chi connectivity index (χ0n) is 19.9. The van der Waals surface area contributed by atoms with Gasteiger partial charge in [0.15, 0.2) is 5.17 Å². The van der Waals surface area contributed by atoms with E-state index in [9.17, 15) is 9.59 Å². The molecule has 10 heteroatoms. The van der Waals surface area contributed by atoms with Crippen LogP contribution in [0.4, 0.5) is 4.39 Å². The summed E-state index contributed by atoms with van der Waals surface area (Å²) < 4.78 is 26.4. The standard InChI is InChI=1S/C26H27FN4O4S/c1-29-13-18(12-28)22-11-19-14-36-25(30-23(32)16-6-4-3-5-7-16)31-26(19,15-35-22)20-10-17(24(33)34-2)8-9-21(20)27/h3-10,12-13,18-19,22,28H,11,14-15H2,1-2H3,(H,30,31,32). The van der Waals surface area contributed by atoms with Gasteiger partial charge in [0, 0.05) is 42.3 Å². The third-order valence-electron chi connectivity index (χ3n) is 6.49. The van der Waals surface area contributed by atoms with E-state index in [4.69, 9.17) is 19.9 Å². The number of amidine groups is 1. The molecule has 2 aromatic rings. The van der Waals surface area contributed by atoms with E-state index in [-0.39, 0.29) is 41.6 Å². The second-order valence-electron chi connectivity index (χ2n) is 8.59. The lowest BCUT2D eigenvalue weighted by atomic mass is 9.73. The van der Waals surface area contributed by atoms with Crippen molar-refractivity contribution in [3.05, 3.63) is 71.0 Å². The summed E-state index contributed by atoms with van der Waals surface area (Å²) in [6.45, 7) is 0.0110. The predicted octanol–water partition coefficient (Wildman–Crippen LogP) is 3.71. The maximum atomic E-state index is 15.4. The summed E-state index contributed by atoms with van der Waals surface area (Å²) in [6.07, 6.45) is 3.11. The fourth-order valence-electron chi connectivity index (χ4n) is 4.59. The molecular weight excluding hydrogens is 483 g/mol. The number of nitrogens with zero attached hydrogens (tertiary/aromatic N) is 2. The van der Waals surface area contributed by atoms with Gasteiger partial charge in [-0.3, -0.25) is 4.79 Å². The van der Waals surface area contributed by atoms with Crippen molar-refractivity contribution in [1.29, 1.82) is 5.41 Å². The number of amides is 1. The van der Waals surface area contributed by atoms with Crippen molar-refractivity contribution < 1.29 is 23.5 Å². The van der Waals surface area contributed by atoms with E-state index < -0.39 is 17.3 Å². The minimum absolute atomic E-state index is 0.0110. The first kappa shape index (κ1) is 25.7. The average Bonchev–Trinajstić information content (AvgIpc) is 2.91. The third-order valence-corrected chi connectivity index (χ3v) is 7.52. The Balaban J connectivity index is 1.75. The topological polar surface area (TPSA) is 113 Å². The Morgan fingerprint density at radius 3 is 2.78 bits per heavy atom. The lowest BCUT2D eigenvalue weighted by Gasteiger charge is -2.47. The van der Waals surface area contributed by atoms with Crippen LogP contribution >= 0.6 is 11.8 Å². The number of aliphatic imine (C=N–C) groups is 2. The summed E-state index contributed by atoms with van der Waals surface area (Å²) in [5, 5.41) is 11.0. The molecule has 2 aromatic carbocycles. The van der Waals surface area contributed by atoms with E-state index in [1.165, 1.54) is 43.3 Å². The van der Waals surface area contributed by atoms with Gasteiger partial charge in [0.2, 0.25) is 0 Å². The number of nitrogens with one attached hydrogen (secondary N) is 2. The molecule has 2 aliphatic rings. The molecule has 0 aliphatic carbocycles. The van der Waals surface area contributed by atoms with Crippen molar-refractivity contribution >= 4 is 41.2 Å². The summed E-state index contributed by atoms with van der Waals surface area (Å²) in [6, 6.07) is 12.8. The number of hydrogen-bond donors (Lipinski definition) is 2. The highest BCUT2D eigenvalue weighted by Crippen LogP contribution is 2.47. The number of hydrogen-bond acceptors (Lipinski definition) is 8. The monoisotopic (exact) mass is 510 g/mol. The lowest BCUT2D eigenvalue weighted by molar-refractivity contribution is -0.0610. The third kappa shape index (κ3) is 5.10. The zero-order valence-corrected chi connectivity index (χ0v) is 20.8. The maximum absolute atomic E-state index is 15.4. The first-order chi connectivity index (χ1) is 17.4. The average molecular weight is 511 g/mol. The number of fused-ring (bicyclic) bond motifs is 1. The Kier molecular flexibility index (Phi) is 7.95. The first-order valence-corrected chi connectivity index (χ1v) is 12.4. The van der Waals surface area contributed by atoms with Crippen LogP contribution in [-0.2, 0) is 15.0 Å². The molecule has 0 bridgehead atoms. The van der Waals surface area contributed by atoms with Crippen molar-refractivity contribution in [1.82, 2.24) is 5.32 Å². The first-order valence-electron chi connectivity index (χ1n) is 11.4. The smallest absolute Gasteiger partial charge is 0.337 e. The molecule has 0 spiro atoms. The summed E-state index contributed by atoms with van der Waals surface area (Å²) in [5.41, 5.74) is -0.298. The number of halogens is 1. The summed E-state index contributed by atoms with van der Waals surface area (Å²) in [7, 11) is 2.90. The number of carbonyl (C=O) groups excluding carboxylic acids is 2. The Labute approximate surface area is 212 Å². The fraction of sp³-hybridized carbons (Fsp3) is 0.346. The minimum Gasteiger partial charge on any atom is -0.465 e. The van der Waals surface area contributed by atoms with Crippen molar-refractivity contribution in [3.63, 3.8) is 0 Å². The number of benzene rings is 2. The van der Waals surface area contributed by atoms with Crippen LogP contribution in [0.15, 0.2) is 58.5 Å². The normalized spacial score (nSPS) is 24.4. The van der Waals surface area contributed by atoms with Crippen LogP contribution in [-0.4, -0.2) is 62.1 Å². The van der Waals surface area contributed by atoms with E-state index in [1.807, 2.05) is 6.07 Å². The molecule has 2 aliphatic heterocycles. The molecular formula is C26H27FN4O4S. The molecule has 4 unspecified atom stereocenters. The largest absolute Gasteiger partial charge is 0.465 e. The van der Waals surface area contributed by atoms with E-state index >= 15 is 4.39 Å². The molecule has 0 radical (unpaired) electrons. The van der Waals surface area contributed by atoms with E-state index in [0.29, 0.717) is 22.9 Å². The number of ether oxygens (including phenoxy) is 2. The lowest BCUT2D eigenvalue weighted by Crippen LogP contribution is -2.52. The van der Waals surface area contributed by atoms with Crippen LogP contribution in [0.5, 0.6) is 0 Å². The van der Waals surface area contributed by atoms with Gasteiger partial charge in [-0.05, 0) is 36.8 Å². The van der Waals surface area contributed by atoms with Crippen LogP contribution in [0.2, 0.25) is 0 Å². The van der Waals surface area contributed by atoms with Gasteiger partial charge in [0.25, 0.3) is 5.91 Å². The van der Waals surface area contributed by atoms with Crippen LogP contribution in [0.1, 0.15) is 32.7 Å². The number of carbonyl (C=O) groups is 2. The number of methoxy groups -OCH3 is 1. The molecule has 1 amide bonds. The van der Waals surface area contributed by atoms with Gasteiger partial charge >= 0.3 is 5.97 Å². The Bertz CT molecular complexity index is 1210. The molecule has 36 heavy (non-hydrogen) atoms. The van der Waals surface area contributed by atoms with Gasteiger partial charge in [-0.25, -0.2) is 14.2 Å². The zero-order chi connectivity index (χ0) is 25.7. The number of thioether (sulfide) groups is 1. The molecule has 1 saturated heterocycles. The van der Waals surface area contributed by atoms with Crippen LogP contribution in [0.25, 0.3) is 0 Å². The summed E-state index contributed by atoms with van der Waals surface area (Å²) in [4.78, 5) is 33.9. The van der Waals surface area contributed by atoms with Gasteiger partial charge in [-0.15, -0.1) is 0 Å². The Hall–Kier alpha value is -3.37. The summed E-state index contributed by atoms with van der Waals surface area (Å²) >= 11 is 1.38. The van der Waals surface area contributed by atoms with Crippen molar-refractivity contribution in [3.8, 4) is 0 Å². The summed E-state index contributed by atoms with van der Waals surface area (Å²) in [5.74, 6) is -1.42. The molecule has 2 heterocycles.